The number of carbonyl (C=O) groups is 3. The lowest BCUT2D eigenvalue weighted by atomic mass is 9.83. The number of benzene rings is 2. The van der Waals surface area contributed by atoms with Crippen LogP contribution in [0.3, 0.4) is 0 Å². The van der Waals surface area contributed by atoms with Crippen LogP contribution in [0.4, 0.5) is 0 Å². The molecule has 1 aliphatic carbocycles. The van der Waals surface area contributed by atoms with Crippen LogP contribution in [-0.4, -0.2) is 27.6 Å². The molecule has 0 spiro atoms. The van der Waals surface area contributed by atoms with Gasteiger partial charge in [-0.25, -0.2) is 9.66 Å². The first-order valence-electron chi connectivity index (χ1n) is 7.06. The zero-order chi connectivity index (χ0) is 16.8. The van der Waals surface area contributed by atoms with Crippen molar-refractivity contribution >= 4 is 28.9 Å². The van der Waals surface area contributed by atoms with Gasteiger partial charge in [0.1, 0.15) is 6.33 Å². The largest absolute Gasteiger partial charge is 0.289 e. The summed E-state index contributed by atoms with van der Waals surface area (Å²) in [5.41, 5.74) is 2.78. The summed E-state index contributed by atoms with van der Waals surface area (Å²) in [6.07, 6.45) is 1.45. The number of hydrogen-bond acceptors (Lipinski definition) is 5. The van der Waals surface area contributed by atoms with Gasteiger partial charge in [0.25, 0.3) is 5.56 Å². The Labute approximate surface area is 134 Å². The molecule has 0 atom stereocenters. The third-order valence-electron chi connectivity index (χ3n) is 4.01. The van der Waals surface area contributed by atoms with Crippen molar-refractivity contribution in [1.82, 2.24) is 9.66 Å². The van der Waals surface area contributed by atoms with E-state index in [4.69, 9.17) is 0 Å². The highest BCUT2D eigenvalue weighted by atomic mass is 16.2. The zero-order valence-electron chi connectivity index (χ0n) is 12.1. The van der Waals surface area contributed by atoms with E-state index in [0.717, 1.165) is 11.0 Å². The van der Waals surface area contributed by atoms with E-state index < -0.39 is 5.56 Å². The highest BCUT2D eigenvalue weighted by Gasteiger charge is 2.31. The molecule has 1 N–H and O–H groups in total. The Morgan fingerprint density at radius 3 is 2.33 bits per heavy atom. The fraction of sp³-hybridized carbons (Fsp3) is 0. The summed E-state index contributed by atoms with van der Waals surface area (Å²) in [5.74, 6) is -0.627. The lowest BCUT2D eigenvalue weighted by Crippen LogP contribution is -2.29. The summed E-state index contributed by atoms with van der Waals surface area (Å²) in [6.45, 7) is 0. The van der Waals surface area contributed by atoms with Gasteiger partial charge >= 0.3 is 0 Å². The number of amides is 1. The molecule has 7 nitrogen and oxygen atoms in total. The Hall–Kier alpha value is -3.61. The average molecular weight is 319 g/mol. The van der Waals surface area contributed by atoms with Crippen LogP contribution in [0.5, 0.6) is 0 Å². The van der Waals surface area contributed by atoms with Crippen LogP contribution in [0, 0.1) is 0 Å². The van der Waals surface area contributed by atoms with Crippen molar-refractivity contribution in [2.24, 2.45) is 0 Å². The second kappa shape index (κ2) is 4.95. The molecule has 0 saturated carbocycles. The molecule has 24 heavy (non-hydrogen) atoms. The first kappa shape index (κ1) is 14.0. The monoisotopic (exact) mass is 319 g/mol. The molecule has 3 aromatic rings. The predicted molar refractivity (Wildman–Crippen MR) is 84.7 cm³/mol. The van der Waals surface area contributed by atoms with Gasteiger partial charge < -0.3 is 0 Å². The van der Waals surface area contributed by atoms with Crippen LogP contribution < -0.4 is 11.0 Å². The molecule has 1 aliphatic rings. The van der Waals surface area contributed by atoms with Gasteiger partial charge in [-0.1, -0.05) is 24.3 Å². The molecule has 1 heterocycles. The third kappa shape index (κ3) is 1.75. The van der Waals surface area contributed by atoms with Crippen molar-refractivity contribution in [3.8, 4) is 0 Å². The first-order chi connectivity index (χ1) is 11.6. The quantitative estimate of drug-likeness (QED) is 0.553. The molecule has 1 aromatic heterocycles. The second-order valence-electron chi connectivity index (χ2n) is 5.25. The van der Waals surface area contributed by atoms with E-state index in [1.165, 1.54) is 12.1 Å². The predicted octanol–water partition coefficient (Wildman–Crippen LogP) is 0.872. The van der Waals surface area contributed by atoms with E-state index in [1.54, 1.807) is 24.3 Å². The maximum atomic E-state index is 12.8. The minimum absolute atomic E-state index is 0.117. The minimum atomic E-state index is -0.533. The van der Waals surface area contributed by atoms with Gasteiger partial charge in [0, 0.05) is 16.7 Å². The molecule has 0 saturated heterocycles. The summed E-state index contributed by atoms with van der Waals surface area (Å²) in [5, 5.41) is 0.145. The van der Waals surface area contributed by atoms with Crippen LogP contribution >= 0.6 is 0 Å². The summed E-state index contributed by atoms with van der Waals surface area (Å²) >= 11 is 0. The number of fused-ring (bicyclic) bond motifs is 4. The number of rotatable bonds is 2. The van der Waals surface area contributed by atoms with Crippen LogP contribution in [0.1, 0.15) is 31.8 Å². The Morgan fingerprint density at radius 1 is 0.917 bits per heavy atom. The minimum Gasteiger partial charge on any atom is -0.289 e. The number of ketones is 2. The molecule has 7 heteroatoms. The van der Waals surface area contributed by atoms with Crippen molar-refractivity contribution in [3.05, 3.63) is 75.3 Å². The van der Waals surface area contributed by atoms with Crippen molar-refractivity contribution < 1.29 is 14.4 Å². The lowest BCUT2D eigenvalue weighted by Gasteiger charge is -2.18. The Bertz CT molecular complexity index is 1110. The summed E-state index contributed by atoms with van der Waals surface area (Å²) < 4.78 is 0.908. The Morgan fingerprint density at radius 2 is 1.62 bits per heavy atom. The van der Waals surface area contributed by atoms with Crippen LogP contribution in [0.25, 0.3) is 10.9 Å². The highest BCUT2D eigenvalue weighted by molar-refractivity contribution is 6.31. The fourth-order valence-corrected chi connectivity index (χ4v) is 2.92. The van der Waals surface area contributed by atoms with Crippen molar-refractivity contribution in [2.45, 2.75) is 0 Å². The number of nitrogens with zero attached hydrogens (tertiary/aromatic N) is 2. The molecule has 0 unspecified atom stereocenters. The number of carbonyl (C=O) groups excluding carboxylic acids is 3. The number of aromatic nitrogens is 2. The smallest absolute Gasteiger partial charge is 0.280 e. The molecule has 4 rings (SSSR count). The van der Waals surface area contributed by atoms with Gasteiger partial charge in [-0.2, -0.15) is 0 Å². The molecule has 2 aromatic carbocycles. The Kier molecular flexibility index (Phi) is 2.89. The number of nitrogens with one attached hydrogen (secondary N) is 1. The maximum Gasteiger partial charge on any atom is 0.280 e. The normalized spacial score (nSPS) is 12.7. The molecular formula is C17H9N3O4. The highest BCUT2D eigenvalue weighted by Crippen LogP contribution is 2.30. The van der Waals surface area contributed by atoms with E-state index >= 15 is 0 Å². The maximum absolute atomic E-state index is 12.8. The standard InChI is InChI=1S/C17H9N3O4/c21-8-19-20-7-18-14-12(17(20)24)6-5-11-13(14)16(23)10-4-2-1-3-9(10)15(11)22/h1-8H,(H,19,21). The molecule has 1 amide bonds. The van der Waals surface area contributed by atoms with Crippen molar-refractivity contribution in [2.75, 3.05) is 5.43 Å². The van der Waals surface area contributed by atoms with Gasteiger partial charge in [0.2, 0.25) is 6.41 Å². The van der Waals surface area contributed by atoms with Gasteiger partial charge in [-0.05, 0) is 12.1 Å². The Balaban J connectivity index is 2.07. The van der Waals surface area contributed by atoms with Crippen molar-refractivity contribution in [3.63, 3.8) is 0 Å². The molecule has 0 radical (unpaired) electrons. The van der Waals surface area contributed by atoms with Crippen LogP contribution in [0.15, 0.2) is 47.5 Å². The first-order valence-corrected chi connectivity index (χ1v) is 7.06. The fourth-order valence-electron chi connectivity index (χ4n) is 2.92. The van der Waals surface area contributed by atoms with Crippen LogP contribution in [-0.2, 0) is 4.79 Å². The summed E-state index contributed by atoms with van der Waals surface area (Å²) in [4.78, 5) is 52.4. The zero-order valence-corrected chi connectivity index (χ0v) is 12.1. The SMILES string of the molecule is O=CNn1cnc2c3c(ccc2c1=O)C(=O)c1ccccc1C3=O. The van der Waals surface area contributed by atoms with E-state index in [9.17, 15) is 19.2 Å². The molecular weight excluding hydrogens is 310 g/mol. The topological polar surface area (TPSA) is 98.1 Å². The van der Waals surface area contributed by atoms with E-state index in [1.807, 2.05) is 0 Å². The molecule has 0 bridgehead atoms. The van der Waals surface area contributed by atoms with E-state index in [2.05, 4.69) is 10.4 Å². The lowest BCUT2D eigenvalue weighted by molar-refractivity contribution is -0.106. The van der Waals surface area contributed by atoms with E-state index in [-0.39, 0.29) is 33.6 Å². The number of hydrogen-bond donors (Lipinski definition) is 1. The van der Waals surface area contributed by atoms with Gasteiger partial charge in [0.15, 0.2) is 11.6 Å². The molecule has 116 valence electrons. The second-order valence-corrected chi connectivity index (χ2v) is 5.25. The van der Waals surface area contributed by atoms with Crippen LogP contribution in [0.2, 0.25) is 0 Å². The molecule has 0 aliphatic heterocycles. The summed E-state index contributed by atoms with van der Waals surface area (Å²) in [6, 6.07) is 9.43. The van der Waals surface area contributed by atoms with E-state index in [0.29, 0.717) is 17.5 Å². The molecule has 0 fully saturated rings. The summed E-state index contributed by atoms with van der Waals surface area (Å²) in [7, 11) is 0. The van der Waals surface area contributed by atoms with Gasteiger partial charge in [-0.3, -0.25) is 24.6 Å². The third-order valence-corrected chi connectivity index (χ3v) is 4.01. The van der Waals surface area contributed by atoms with Crippen molar-refractivity contribution in [1.29, 1.82) is 0 Å². The van der Waals surface area contributed by atoms with Gasteiger partial charge in [0.05, 0.1) is 16.5 Å². The van der Waals surface area contributed by atoms with Gasteiger partial charge in [-0.15, -0.1) is 0 Å². The average Bonchev–Trinajstić information content (AvgIpc) is 2.61.